The van der Waals surface area contributed by atoms with Gasteiger partial charge in [-0.15, -0.1) is 0 Å². The number of hydrogen-bond donors (Lipinski definition) is 0. The fourth-order valence-corrected chi connectivity index (χ4v) is 4.08. The summed E-state index contributed by atoms with van der Waals surface area (Å²) in [6.45, 7) is 6.96. The minimum atomic E-state index is 0.549. The highest BCUT2D eigenvalue weighted by Gasteiger charge is 2.23. The molecule has 0 N–H and O–H groups in total. The van der Waals surface area contributed by atoms with Crippen LogP contribution in [0.25, 0.3) is 11.0 Å². The third-order valence-corrected chi connectivity index (χ3v) is 5.37. The Hall–Kier alpha value is -1.36. The minimum absolute atomic E-state index is 0.549. The van der Waals surface area contributed by atoms with Crippen LogP contribution in [0.3, 0.4) is 0 Å². The Kier molecular flexibility index (Phi) is 5.16. The van der Waals surface area contributed by atoms with Crippen LogP contribution in [0.15, 0.2) is 34.9 Å². The molecule has 0 bridgehead atoms. The van der Waals surface area contributed by atoms with Crippen molar-refractivity contribution in [1.82, 2.24) is 4.90 Å². The van der Waals surface area contributed by atoms with Gasteiger partial charge < -0.3 is 18.8 Å². The largest absolute Gasteiger partial charge is 0.464 e. The first-order chi connectivity index (χ1) is 11.9. The topological polar surface area (TPSA) is 34.8 Å². The Morgan fingerprint density at radius 1 is 1.00 bits per heavy atom. The van der Waals surface area contributed by atoms with E-state index in [2.05, 4.69) is 23.1 Å². The molecule has 1 unspecified atom stereocenters. The SMILES string of the molecule is c1cc(CC2COCCN(CC3CCOCC3)C2)c2ccoc2c1. The van der Waals surface area contributed by atoms with Crippen molar-refractivity contribution in [3.05, 3.63) is 36.1 Å². The number of nitrogens with zero attached hydrogens (tertiary/aromatic N) is 1. The first kappa shape index (κ1) is 16.1. The number of ether oxygens (including phenoxy) is 2. The monoisotopic (exact) mass is 329 g/mol. The van der Waals surface area contributed by atoms with Crippen LogP contribution in [0.2, 0.25) is 0 Å². The molecule has 130 valence electrons. The van der Waals surface area contributed by atoms with Gasteiger partial charge in [0.2, 0.25) is 0 Å². The van der Waals surface area contributed by atoms with Crippen molar-refractivity contribution >= 4 is 11.0 Å². The van der Waals surface area contributed by atoms with E-state index >= 15 is 0 Å². The molecule has 4 heteroatoms. The third-order valence-electron chi connectivity index (χ3n) is 5.37. The molecule has 0 aliphatic carbocycles. The summed E-state index contributed by atoms with van der Waals surface area (Å²) in [4.78, 5) is 2.61. The second kappa shape index (κ2) is 7.68. The molecule has 1 aromatic carbocycles. The zero-order chi connectivity index (χ0) is 16.2. The molecule has 2 saturated heterocycles. The summed E-state index contributed by atoms with van der Waals surface area (Å²) in [5.74, 6) is 1.34. The Balaban J connectivity index is 1.41. The molecule has 24 heavy (non-hydrogen) atoms. The van der Waals surface area contributed by atoms with E-state index in [9.17, 15) is 0 Å². The molecule has 0 amide bonds. The third kappa shape index (κ3) is 3.82. The maximum absolute atomic E-state index is 5.90. The molecule has 4 nitrogen and oxygen atoms in total. The van der Waals surface area contributed by atoms with Crippen LogP contribution in [0.4, 0.5) is 0 Å². The summed E-state index contributed by atoms with van der Waals surface area (Å²) in [5, 5.41) is 1.25. The van der Waals surface area contributed by atoms with Crippen molar-refractivity contribution in [2.24, 2.45) is 11.8 Å². The molecule has 2 aliphatic rings. The van der Waals surface area contributed by atoms with Crippen LogP contribution in [0.1, 0.15) is 18.4 Å². The van der Waals surface area contributed by atoms with Crippen molar-refractivity contribution in [1.29, 1.82) is 0 Å². The number of benzene rings is 1. The predicted molar refractivity (Wildman–Crippen MR) is 94.2 cm³/mol. The van der Waals surface area contributed by atoms with Crippen molar-refractivity contribution < 1.29 is 13.9 Å². The zero-order valence-electron chi connectivity index (χ0n) is 14.3. The van der Waals surface area contributed by atoms with Crippen molar-refractivity contribution in [2.75, 3.05) is 46.1 Å². The molecule has 3 heterocycles. The van der Waals surface area contributed by atoms with Gasteiger partial charge in [-0.05, 0) is 48.8 Å². The van der Waals surface area contributed by atoms with Gasteiger partial charge in [0, 0.05) is 38.2 Å². The molecule has 0 saturated carbocycles. The molecule has 0 radical (unpaired) electrons. The smallest absolute Gasteiger partial charge is 0.134 e. The first-order valence-electron chi connectivity index (χ1n) is 9.21. The van der Waals surface area contributed by atoms with E-state index in [0.29, 0.717) is 5.92 Å². The Morgan fingerprint density at radius 2 is 1.92 bits per heavy atom. The van der Waals surface area contributed by atoms with E-state index in [1.807, 2.05) is 6.07 Å². The average Bonchev–Trinajstić information content (AvgIpc) is 2.99. The first-order valence-corrected chi connectivity index (χ1v) is 9.21. The molecule has 2 aliphatic heterocycles. The van der Waals surface area contributed by atoms with Gasteiger partial charge in [0.05, 0.1) is 19.5 Å². The second-order valence-electron chi connectivity index (χ2n) is 7.21. The van der Waals surface area contributed by atoms with Gasteiger partial charge in [0.15, 0.2) is 0 Å². The van der Waals surface area contributed by atoms with Crippen LogP contribution < -0.4 is 0 Å². The summed E-state index contributed by atoms with van der Waals surface area (Å²) in [6, 6.07) is 8.45. The minimum Gasteiger partial charge on any atom is -0.464 e. The van der Waals surface area contributed by atoms with Gasteiger partial charge in [-0.1, -0.05) is 12.1 Å². The van der Waals surface area contributed by atoms with Crippen LogP contribution in [0, 0.1) is 11.8 Å². The van der Waals surface area contributed by atoms with Gasteiger partial charge in [0.25, 0.3) is 0 Å². The summed E-state index contributed by atoms with van der Waals surface area (Å²) >= 11 is 0. The van der Waals surface area contributed by atoms with Crippen LogP contribution in [-0.4, -0.2) is 51.0 Å². The highest BCUT2D eigenvalue weighted by Crippen LogP contribution is 2.24. The molecule has 2 fully saturated rings. The lowest BCUT2D eigenvalue weighted by Gasteiger charge is -2.30. The number of hydrogen-bond acceptors (Lipinski definition) is 4. The summed E-state index contributed by atoms with van der Waals surface area (Å²) in [6.07, 6.45) is 5.25. The molecule has 2 aromatic rings. The van der Waals surface area contributed by atoms with Crippen molar-refractivity contribution in [3.8, 4) is 0 Å². The van der Waals surface area contributed by atoms with E-state index < -0.39 is 0 Å². The van der Waals surface area contributed by atoms with Gasteiger partial charge in [0.1, 0.15) is 5.58 Å². The quantitative estimate of drug-likeness (QED) is 0.862. The number of furan rings is 1. The van der Waals surface area contributed by atoms with E-state index in [1.54, 1.807) is 6.26 Å². The van der Waals surface area contributed by atoms with E-state index in [-0.39, 0.29) is 0 Å². The lowest BCUT2D eigenvalue weighted by Crippen LogP contribution is -2.36. The van der Waals surface area contributed by atoms with Gasteiger partial charge in [-0.25, -0.2) is 0 Å². The van der Waals surface area contributed by atoms with Crippen molar-refractivity contribution in [3.63, 3.8) is 0 Å². The summed E-state index contributed by atoms with van der Waals surface area (Å²) < 4.78 is 16.9. The zero-order valence-corrected chi connectivity index (χ0v) is 14.3. The lowest BCUT2D eigenvalue weighted by atomic mass is 9.95. The fourth-order valence-electron chi connectivity index (χ4n) is 4.08. The molecule has 1 aromatic heterocycles. The normalized spacial score (nSPS) is 24.2. The van der Waals surface area contributed by atoms with Gasteiger partial charge >= 0.3 is 0 Å². The Labute approximate surface area is 143 Å². The van der Waals surface area contributed by atoms with E-state index in [4.69, 9.17) is 13.9 Å². The Bertz CT molecular complexity index is 647. The highest BCUT2D eigenvalue weighted by atomic mass is 16.5. The maximum Gasteiger partial charge on any atom is 0.134 e. The van der Waals surface area contributed by atoms with E-state index in [0.717, 1.165) is 57.4 Å². The van der Waals surface area contributed by atoms with Crippen LogP contribution in [0.5, 0.6) is 0 Å². The highest BCUT2D eigenvalue weighted by molar-refractivity contribution is 5.80. The standard InChI is InChI=1S/C20H27NO3/c1-2-18(19-6-10-24-20(19)3-1)12-17-14-21(7-11-23-15-17)13-16-4-8-22-9-5-16/h1-3,6,10,16-17H,4-5,7-9,11-15H2. The number of rotatable bonds is 4. The summed E-state index contributed by atoms with van der Waals surface area (Å²) in [7, 11) is 0. The maximum atomic E-state index is 5.90. The second-order valence-corrected chi connectivity index (χ2v) is 7.21. The van der Waals surface area contributed by atoms with Crippen LogP contribution in [-0.2, 0) is 15.9 Å². The fraction of sp³-hybridized carbons (Fsp3) is 0.600. The molecule has 1 atom stereocenters. The number of fused-ring (bicyclic) bond motifs is 1. The average molecular weight is 329 g/mol. The molecule has 4 rings (SSSR count). The summed E-state index contributed by atoms with van der Waals surface area (Å²) in [5.41, 5.74) is 2.36. The van der Waals surface area contributed by atoms with Crippen molar-refractivity contribution in [2.45, 2.75) is 19.3 Å². The molecule has 0 spiro atoms. The van der Waals surface area contributed by atoms with Crippen LogP contribution >= 0.6 is 0 Å². The van der Waals surface area contributed by atoms with Gasteiger partial charge in [-0.3, -0.25) is 0 Å². The Morgan fingerprint density at radius 3 is 2.83 bits per heavy atom. The molecular formula is C20H27NO3. The molecular weight excluding hydrogens is 302 g/mol. The van der Waals surface area contributed by atoms with Gasteiger partial charge in [-0.2, -0.15) is 0 Å². The van der Waals surface area contributed by atoms with E-state index in [1.165, 1.54) is 30.3 Å². The predicted octanol–water partition coefficient (Wildman–Crippen LogP) is 3.35. The lowest BCUT2D eigenvalue weighted by molar-refractivity contribution is 0.0512.